The minimum absolute atomic E-state index is 0.360. The third-order valence-corrected chi connectivity index (χ3v) is 4.54. The third-order valence-electron chi connectivity index (χ3n) is 3.17. The molecule has 18 heavy (non-hydrogen) atoms. The third kappa shape index (κ3) is 2.42. The second-order valence-electron chi connectivity index (χ2n) is 4.50. The van der Waals surface area contributed by atoms with Gasteiger partial charge in [0, 0.05) is 11.8 Å². The number of para-hydroxylation sites is 2. The Labute approximate surface area is 108 Å². The molecular formula is C13H15N3OS. The van der Waals surface area contributed by atoms with Gasteiger partial charge in [-0.3, -0.25) is 9.19 Å². The van der Waals surface area contributed by atoms with Crippen LogP contribution in [0.15, 0.2) is 35.5 Å². The van der Waals surface area contributed by atoms with Gasteiger partial charge in [0.1, 0.15) is 5.03 Å². The first-order valence-corrected chi connectivity index (χ1v) is 7.48. The summed E-state index contributed by atoms with van der Waals surface area (Å²) in [5.74, 6) is 0.632. The average molecular weight is 261 g/mol. The van der Waals surface area contributed by atoms with E-state index in [0.29, 0.717) is 16.8 Å². The summed E-state index contributed by atoms with van der Waals surface area (Å²) in [7, 11) is -1.07. The molecule has 3 rings (SSSR count). The topological polar surface area (TPSA) is 54.9 Å². The van der Waals surface area contributed by atoms with E-state index >= 15 is 0 Å². The smallest absolute Gasteiger partial charge is 0.146 e. The summed E-state index contributed by atoms with van der Waals surface area (Å²) in [5.41, 5.74) is 1.65. The Morgan fingerprint density at radius 1 is 1.33 bits per heavy atom. The Hall–Kier alpha value is -1.33. The summed E-state index contributed by atoms with van der Waals surface area (Å²) in [6, 6.07) is 8.02. The lowest BCUT2D eigenvalue weighted by molar-refractivity contribution is 0.641. The van der Waals surface area contributed by atoms with Gasteiger partial charge in [0.05, 0.1) is 28.0 Å². The van der Waals surface area contributed by atoms with E-state index in [0.717, 1.165) is 24.0 Å². The van der Waals surface area contributed by atoms with Crippen LogP contribution in [-0.2, 0) is 10.8 Å². The molecular weight excluding hydrogens is 246 g/mol. The molecule has 2 heterocycles. The van der Waals surface area contributed by atoms with Crippen molar-refractivity contribution in [1.82, 2.24) is 15.3 Å². The Morgan fingerprint density at radius 3 is 2.94 bits per heavy atom. The number of nitrogens with zero attached hydrogens (tertiary/aromatic N) is 2. The zero-order valence-electron chi connectivity index (χ0n) is 10.0. The van der Waals surface area contributed by atoms with E-state index in [1.165, 1.54) is 6.42 Å². The number of fused-ring (bicyclic) bond motifs is 1. The van der Waals surface area contributed by atoms with E-state index < -0.39 is 10.8 Å². The number of benzene rings is 1. The van der Waals surface area contributed by atoms with E-state index in [2.05, 4.69) is 15.3 Å². The molecule has 0 unspecified atom stereocenters. The second-order valence-corrected chi connectivity index (χ2v) is 5.95. The van der Waals surface area contributed by atoms with Gasteiger partial charge in [-0.1, -0.05) is 12.1 Å². The van der Waals surface area contributed by atoms with Crippen molar-refractivity contribution in [3.63, 3.8) is 0 Å². The Kier molecular flexibility index (Phi) is 3.34. The Balaban J connectivity index is 1.82. The molecule has 0 aliphatic carbocycles. The molecule has 4 nitrogen and oxygen atoms in total. The Bertz CT molecular complexity index is 581. The predicted octanol–water partition coefficient (Wildman–Crippen LogP) is 1.49. The first kappa shape index (κ1) is 11.7. The molecule has 0 amide bonds. The van der Waals surface area contributed by atoms with Crippen LogP contribution in [0.5, 0.6) is 0 Å². The van der Waals surface area contributed by atoms with Crippen molar-refractivity contribution in [2.75, 3.05) is 12.3 Å². The van der Waals surface area contributed by atoms with Gasteiger partial charge in [0.2, 0.25) is 0 Å². The molecule has 1 aliphatic heterocycles. The number of nitrogens with one attached hydrogen (secondary N) is 1. The van der Waals surface area contributed by atoms with Gasteiger partial charge in [0.25, 0.3) is 0 Å². The molecule has 0 saturated carbocycles. The van der Waals surface area contributed by atoms with Gasteiger partial charge in [-0.05, 0) is 31.5 Å². The molecule has 1 fully saturated rings. The molecule has 0 spiro atoms. The van der Waals surface area contributed by atoms with Gasteiger partial charge in [-0.15, -0.1) is 0 Å². The van der Waals surface area contributed by atoms with Crippen molar-refractivity contribution >= 4 is 21.8 Å². The number of rotatable bonds is 3. The fourth-order valence-electron chi connectivity index (χ4n) is 2.22. The normalized spacial score (nSPS) is 21.2. The lowest BCUT2D eigenvalue weighted by Gasteiger charge is -2.09. The lowest BCUT2D eigenvalue weighted by atomic mass is 10.3. The molecule has 2 atom stereocenters. The summed E-state index contributed by atoms with van der Waals surface area (Å²) < 4.78 is 12.2. The molecule has 1 N–H and O–H groups in total. The number of hydrogen-bond acceptors (Lipinski definition) is 4. The first-order valence-electron chi connectivity index (χ1n) is 6.16. The predicted molar refractivity (Wildman–Crippen MR) is 71.8 cm³/mol. The quantitative estimate of drug-likeness (QED) is 0.909. The van der Waals surface area contributed by atoms with Crippen LogP contribution in [0.3, 0.4) is 0 Å². The molecule has 0 bridgehead atoms. The molecule has 1 aromatic heterocycles. The first-order chi connectivity index (χ1) is 8.83. The summed E-state index contributed by atoms with van der Waals surface area (Å²) >= 11 is 0. The number of hydrogen-bond donors (Lipinski definition) is 1. The lowest BCUT2D eigenvalue weighted by Crippen LogP contribution is -2.27. The maximum absolute atomic E-state index is 12.2. The highest BCUT2D eigenvalue weighted by Gasteiger charge is 2.18. The number of aromatic nitrogens is 2. The fraction of sp³-hybridized carbons (Fsp3) is 0.385. The molecule has 94 valence electrons. The standard InChI is InChI=1S/C13H15N3OS/c17-18(9-10-4-3-7-14-10)13-8-15-11-5-1-2-6-12(11)16-13/h1-2,5-6,8,10,14H,3-4,7,9H2/t10-,18+/m1/s1. The summed E-state index contributed by atoms with van der Waals surface area (Å²) in [6.45, 7) is 1.03. The van der Waals surface area contributed by atoms with Crippen LogP contribution in [0.1, 0.15) is 12.8 Å². The maximum Gasteiger partial charge on any atom is 0.146 e. The summed E-state index contributed by atoms with van der Waals surface area (Å²) in [5, 5.41) is 3.94. The fourth-order valence-corrected chi connectivity index (χ4v) is 3.41. The van der Waals surface area contributed by atoms with Crippen molar-refractivity contribution < 1.29 is 4.21 Å². The van der Waals surface area contributed by atoms with Crippen molar-refractivity contribution in [1.29, 1.82) is 0 Å². The highest BCUT2D eigenvalue weighted by Crippen LogP contribution is 2.13. The summed E-state index contributed by atoms with van der Waals surface area (Å²) in [4.78, 5) is 8.73. The van der Waals surface area contributed by atoms with Crippen LogP contribution in [0.2, 0.25) is 0 Å². The summed E-state index contributed by atoms with van der Waals surface area (Å²) in [6.07, 6.45) is 3.91. The minimum atomic E-state index is -1.07. The van der Waals surface area contributed by atoms with Crippen molar-refractivity contribution in [3.8, 4) is 0 Å². The SMILES string of the molecule is O=[S@@](C[C@H]1CCCN1)c1cnc2ccccc2n1. The van der Waals surface area contributed by atoms with Gasteiger partial charge in [-0.25, -0.2) is 4.98 Å². The maximum atomic E-state index is 12.2. The molecule has 1 aromatic carbocycles. The molecule has 1 saturated heterocycles. The van der Waals surface area contributed by atoms with Gasteiger partial charge >= 0.3 is 0 Å². The highest BCUT2D eigenvalue weighted by atomic mass is 32.2. The monoisotopic (exact) mass is 261 g/mol. The molecule has 2 aromatic rings. The van der Waals surface area contributed by atoms with Crippen LogP contribution < -0.4 is 5.32 Å². The Morgan fingerprint density at radius 2 is 2.17 bits per heavy atom. The van der Waals surface area contributed by atoms with Gasteiger partial charge < -0.3 is 5.32 Å². The van der Waals surface area contributed by atoms with Crippen LogP contribution in [-0.4, -0.2) is 32.5 Å². The van der Waals surface area contributed by atoms with E-state index in [9.17, 15) is 4.21 Å². The van der Waals surface area contributed by atoms with Crippen molar-refractivity contribution in [3.05, 3.63) is 30.5 Å². The largest absolute Gasteiger partial charge is 0.313 e. The molecule has 0 radical (unpaired) electrons. The second kappa shape index (κ2) is 5.12. The molecule has 5 heteroatoms. The van der Waals surface area contributed by atoms with Crippen molar-refractivity contribution in [2.45, 2.75) is 23.9 Å². The zero-order valence-corrected chi connectivity index (χ0v) is 10.8. The van der Waals surface area contributed by atoms with Gasteiger partial charge in [0.15, 0.2) is 0 Å². The van der Waals surface area contributed by atoms with Crippen molar-refractivity contribution in [2.24, 2.45) is 0 Å². The van der Waals surface area contributed by atoms with E-state index in [-0.39, 0.29) is 0 Å². The van der Waals surface area contributed by atoms with Gasteiger partial charge in [-0.2, -0.15) is 0 Å². The highest BCUT2D eigenvalue weighted by molar-refractivity contribution is 7.85. The minimum Gasteiger partial charge on any atom is -0.313 e. The molecule has 1 aliphatic rings. The van der Waals surface area contributed by atoms with E-state index in [1.807, 2.05) is 24.3 Å². The van der Waals surface area contributed by atoms with Crippen LogP contribution in [0, 0.1) is 0 Å². The van der Waals surface area contributed by atoms with Crippen LogP contribution in [0.4, 0.5) is 0 Å². The van der Waals surface area contributed by atoms with E-state index in [4.69, 9.17) is 0 Å². The average Bonchev–Trinajstić information content (AvgIpc) is 2.91. The van der Waals surface area contributed by atoms with Crippen LogP contribution >= 0.6 is 0 Å². The van der Waals surface area contributed by atoms with Crippen LogP contribution in [0.25, 0.3) is 11.0 Å². The zero-order chi connectivity index (χ0) is 12.4. The van der Waals surface area contributed by atoms with E-state index in [1.54, 1.807) is 6.20 Å².